The summed E-state index contributed by atoms with van der Waals surface area (Å²) in [7, 11) is -3.55. The number of rotatable bonds is 6. The fourth-order valence-corrected chi connectivity index (χ4v) is 6.18. The molecule has 174 valence electrons. The molecule has 1 aliphatic rings. The van der Waals surface area contributed by atoms with Crippen LogP contribution in [-0.4, -0.2) is 65.4 Å². The van der Waals surface area contributed by atoms with Gasteiger partial charge in [-0.3, -0.25) is 4.79 Å². The highest BCUT2D eigenvalue weighted by Crippen LogP contribution is 2.29. The molecule has 0 radical (unpaired) electrons. The number of para-hydroxylation sites is 1. The van der Waals surface area contributed by atoms with Crippen LogP contribution in [-0.2, 0) is 14.8 Å². The number of carbonyl (C=O) groups is 1. The molecule has 0 aliphatic carbocycles. The Labute approximate surface area is 201 Å². The molecule has 8 nitrogen and oxygen atoms in total. The number of thioether (sulfide) groups is 1. The van der Waals surface area contributed by atoms with Crippen LogP contribution in [0.15, 0.2) is 87.3 Å². The third-order valence-electron chi connectivity index (χ3n) is 5.61. The summed E-state index contributed by atoms with van der Waals surface area (Å²) in [6.45, 7) is 1.25. The van der Waals surface area contributed by atoms with Crippen molar-refractivity contribution >= 4 is 38.6 Å². The van der Waals surface area contributed by atoms with Crippen molar-refractivity contribution in [1.29, 1.82) is 0 Å². The second kappa shape index (κ2) is 9.57. The number of sulfonamides is 1. The summed E-state index contributed by atoms with van der Waals surface area (Å²) >= 11 is 1.35. The Hall–Kier alpha value is -3.21. The summed E-state index contributed by atoms with van der Waals surface area (Å²) in [6.07, 6.45) is 1.57. The minimum Gasteiger partial charge on any atom is -0.461 e. The van der Waals surface area contributed by atoms with Crippen molar-refractivity contribution in [3.8, 4) is 11.6 Å². The molecule has 34 heavy (non-hydrogen) atoms. The summed E-state index contributed by atoms with van der Waals surface area (Å²) in [5.41, 5.74) is 0.776. The first kappa shape index (κ1) is 22.6. The maximum Gasteiger partial charge on any atom is 0.243 e. The van der Waals surface area contributed by atoms with Gasteiger partial charge in [-0.15, -0.1) is 0 Å². The van der Waals surface area contributed by atoms with Gasteiger partial charge >= 0.3 is 0 Å². The van der Waals surface area contributed by atoms with Crippen molar-refractivity contribution in [3.63, 3.8) is 0 Å². The number of piperazine rings is 1. The Balaban J connectivity index is 1.26. The topological polar surface area (TPSA) is 96.6 Å². The minimum absolute atomic E-state index is 0.0519. The quantitative estimate of drug-likeness (QED) is 0.299. The lowest BCUT2D eigenvalue weighted by Gasteiger charge is -2.34. The summed E-state index contributed by atoms with van der Waals surface area (Å²) in [5, 5.41) is 1.57. The highest BCUT2D eigenvalue weighted by molar-refractivity contribution is 8.00. The highest BCUT2D eigenvalue weighted by atomic mass is 32.2. The number of aromatic nitrogens is 2. The molecule has 0 saturated carbocycles. The minimum atomic E-state index is -3.55. The zero-order chi connectivity index (χ0) is 23.5. The Bertz CT molecular complexity index is 1400. The summed E-state index contributed by atoms with van der Waals surface area (Å²) in [5.74, 6) is 1.18. The number of nitrogens with zero attached hydrogens (tertiary/aromatic N) is 4. The number of hydrogen-bond donors (Lipinski definition) is 0. The second-order valence-electron chi connectivity index (χ2n) is 7.73. The number of benzene rings is 2. The molecule has 3 heterocycles. The molecule has 1 saturated heterocycles. The van der Waals surface area contributed by atoms with E-state index in [0.29, 0.717) is 29.7 Å². The fourth-order valence-electron chi connectivity index (χ4n) is 3.81. The van der Waals surface area contributed by atoms with E-state index >= 15 is 0 Å². The normalized spacial score (nSPS) is 15.0. The van der Waals surface area contributed by atoms with Crippen LogP contribution in [0.3, 0.4) is 0 Å². The summed E-state index contributed by atoms with van der Waals surface area (Å²) < 4.78 is 32.5. The summed E-state index contributed by atoms with van der Waals surface area (Å²) in [6, 6.07) is 19.6. The monoisotopic (exact) mass is 494 g/mol. The van der Waals surface area contributed by atoms with Crippen molar-refractivity contribution in [1.82, 2.24) is 19.2 Å². The average molecular weight is 495 g/mol. The first-order chi connectivity index (χ1) is 16.5. The van der Waals surface area contributed by atoms with Crippen LogP contribution in [0.25, 0.3) is 22.5 Å². The molecule has 0 N–H and O–H groups in total. The molecule has 10 heteroatoms. The van der Waals surface area contributed by atoms with Crippen LogP contribution in [0.2, 0.25) is 0 Å². The van der Waals surface area contributed by atoms with Gasteiger partial charge < -0.3 is 9.32 Å². The number of hydrogen-bond acceptors (Lipinski definition) is 7. The highest BCUT2D eigenvalue weighted by Gasteiger charge is 2.30. The number of fused-ring (bicyclic) bond motifs is 1. The molecule has 1 amide bonds. The molecule has 0 unspecified atom stereocenters. The molecule has 1 aliphatic heterocycles. The number of amides is 1. The maximum absolute atomic E-state index is 12.9. The lowest BCUT2D eigenvalue weighted by molar-refractivity contribution is -0.129. The molecule has 1 fully saturated rings. The third-order valence-corrected chi connectivity index (χ3v) is 8.50. The lowest BCUT2D eigenvalue weighted by Crippen LogP contribution is -2.50. The zero-order valence-corrected chi connectivity index (χ0v) is 19.8. The van der Waals surface area contributed by atoms with Gasteiger partial charge in [-0.2, -0.15) is 4.31 Å². The van der Waals surface area contributed by atoms with E-state index in [4.69, 9.17) is 4.42 Å². The zero-order valence-electron chi connectivity index (χ0n) is 18.2. The Kier molecular flexibility index (Phi) is 6.36. The molecule has 2 aromatic carbocycles. The van der Waals surface area contributed by atoms with E-state index in [1.165, 1.54) is 16.1 Å². The van der Waals surface area contributed by atoms with Crippen LogP contribution in [0.5, 0.6) is 0 Å². The predicted octanol–water partition coefficient (Wildman–Crippen LogP) is 3.52. The Morgan fingerprint density at radius 2 is 1.65 bits per heavy atom. The summed E-state index contributed by atoms with van der Waals surface area (Å²) in [4.78, 5) is 24.1. The van der Waals surface area contributed by atoms with Crippen LogP contribution in [0, 0.1) is 0 Å². The van der Waals surface area contributed by atoms with Gasteiger partial charge in [0.25, 0.3) is 0 Å². The van der Waals surface area contributed by atoms with Crippen molar-refractivity contribution in [3.05, 3.63) is 73.0 Å². The number of carbonyl (C=O) groups excluding carboxylic acids is 1. The first-order valence-corrected chi connectivity index (χ1v) is 13.2. The third kappa shape index (κ3) is 4.56. The Morgan fingerprint density at radius 3 is 2.38 bits per heavy atom. The van der Waals surface area contributed by atoms with Crippen molar-refractivity contribution < 1.29 is 17.6 Å². The van der Waals surface area contributed by atoms with Crippen LogP contribution >= 0.6 is 11.8 Å². The van der Waals surface area contributed by atoms with Crippen molar-refractivity contribution in [2.45, 2.75) is 9.92 Å². The molecule has 5 rings (SSSR count). The van der Waals surface area contributed by atoms with Gasteiger partial charge in [-0.05, 0) is 30.3 Å². The molecular formula is C24H22N4O4S2. The van der Waals surface area contributed by atoms with Gasteiger partial charge in [-0.25, -0.2) is 18.4 Å². The van der Waals surface area contributed by atoms with Gasteiger partial charge in [0.2, 0.25) is 15.9 Å². The molecule has 0 spiro atoms. The smallest absolute Gasteiger partial charge is 0.243 e. The van der Waals surface area contributed by atoms with Gasteiger partial charge in [0, 0.05) is 31.6 Å². The standard InChI is InChI=1S/C24H22N4O4S2/c29-22(27-12-14-28(15-13-27)34(30,31)18-7-2-1-3-8-18)17-33-24-19-9-4-5-10-20(19)25-23(26-24)21-11-6-16-32-21/h1-11,16H,12-15,17H2. The van der Waals surface area contributed by atoms with E-state index < -0.39 is 10.0 Å². The van der Waals surface area contributed by atoms with E-state index in [-0.39, 0.29) is 29.6 Å². The van der Waals surface area contributed by atoms with Gasteiger partial charge in [0.05, 0.1) is 22.4 Å². The molecule has 4 aromatic rings. The SMILES string of the molecule is O=C(CSc1nc(-c2ccco2)nc2ccccc12)N1CCN(S(=O)(=O)c2ccccc2)CC1. The number of furan rings is 1. The van der Waals surface area contributed by atoms with E-state index in [1.807, 2.05) is 24.3 Å². The van der Waals surface area contributed by atoms with E-state index in [9.17, 15) is 13.2 Å². The molecule has 0 atom stereocenters. The van der Waals surface area contributed by atoms with Crippen LogP contribution in [0.1, 0.15) is 0 Å². The van der Waals surface area contributed by atoms with Crippen LogP contribution in [0.4, 0.5) is 0 Å². The van der Waals surface area contributed by atoms with Crippen molar-refractivity contribution in [2.75, 3.05) is 31.9 Å². The lowest BCUT2D eigenvalue weighted by atomic mass is 10.2. The van der Waals surface area contributed by atoms with Crippen LogP contribution < -0.4 is 0 Å². The Morgan fingerprint density at radius 1 is 0.912 bits per heavy atom. The van der Waals surface area contributed by atoms with E-state index in [1.54, 1.807) is 53.6 Å². The van der Waals surface area contributed by atoms with Gasteiger partial charge in [0.15, 0.2) is 11.6 Å². The average Bonchev–Trinajstić information content (AvgIpc) is 3.43. The molecule has 2 aromatic heterocycles. The second-order valence-corrected chi connectivity index (χ2v) is 10.6. The maximum atomic E-state index is 12.9. The van der Waals surface area contributed by atoms with Gasteiger partial charge in [0.1, 0.15) is 5.03 Å². The molecular weight excluding hydrogens is 472 g/mol. The first-order valence-electron chi connectivity index (χ1n) is 10.8. The van der Waals surface area contributed by atoms with E-state index in [2.05, 4.69) is 9.97 Å². The largest absolute Gasteiger partial charge is 0.461 e. The fraction of sp³-hybridized carbons (Fsp3) is 0.208. The van der Waals surface area contributed by atoms with E-state index in [0.717, 1.165) is 10.9 Å². The predicted molar refractivity (Wildman–Crippen MR) is 130 cm³/mol. The van der Waals surface area contributed by atoms with Gasteiger partial charge in [-0.1, -0.05) is 48.2 Å². The molecule has 0 bridgehead atoms. The van der Waals surface area contributed by atoms with Crippen molar-refractivity contribution in [2.24, 2.45) is 0 Å².